The zero-order valence-corrected chi connectivity index (χ0v) is 11.7. The van der Waals surface area contributed by atoms with Crippen LogP contribution in [0.1, 0.15) is 5.56 Å². The van der Waals surface area contributed by atoms with Gasteiger partial charge in [0.2, 0.25) is 0 Å². The maximum absolute atomic E-state index is 13.9. The van der Waals surface area contributed by atoms with Crippen LogP contribution in [0.5, 0.6) is 0 Å². The predicted molar refractivity (Wildman–Crippen MR) is 74.0 cm³/mol. The van der Waals surface area contributed by atoms with Gasteiger partial charge < -0.3 is 5.43 Å². The van der Waals surface area contributed by atoms with Gasteiger partial charge in [-0.2, -0.15) is 0 Å². The number of benzene rings is 1. The number of halogens is 2. The topological polar surface area (TPSA) is 97.1 Å². The third-order valence-electron chi connectivity index (χ3n) is 2.72. The van der Waals surface area contributed by atoms with E-state index in [4.69, 9.17) is 5.84 Å². The molecule has 0 atom stereocenters. The zero-order valence-electron chi connectivity index (χ0n) is 10.9. The van der Waals surface area contributed by atoms with Crippen LogP contribution in [0.2, 0.25) is 0 Å². The summed E-state index contributed by atoms with van der Waals surface area (Å²) in [4.78, 5) is 3.40. The van der Waals surface area contributed by atoms with Crippen molar-refractivity contribution in [2.24, 2.45) is 5.84 Å². The van der Waals surface area contributed by atoms with Gasteiger partial charge >= 0.3 is 0 Å². The van der Waals surface area contributed by atoms with E-state index in [-0.39, 0.29) is 16.3 Å². The number of pyridine rings is 1. The van der Waals surface area contributed by atoms with Crippen LogP contribution >= 0.6 is 0 Å². The summed E-state index contributed by atoms with van der Waals surface area (Å²) in [5, 5.41) is 0. The van der Waals surface area contributed by atoms with Crippen molar-refractivity contribution in [3.05, 3.63) is 47.7 Å². The number of anilines is 2. The number of aryl methyl sites for hydroxylation is 1. The largest absolute Gasteiger partial charge is 0.307 e. The Kier molecular flexibility index (Phi) is 4.05. The van der Waals surface area contributed by atoms with Crippen LogP contribution in [-0.2, 0) is 10.0 Å². The van der Waals surface area contributed by atoms with E-state index in [1.165, 1.54) is 31.3 Å². The number of hydrogen-bond acceptors (Lipinski definition) is 5. The monoisotopic (exact) mass is 314 g/mol. The van der Waals surface area contributed by atoms with E-state index in [2.05, 4.69) is 10.4 Å². The summed E-state index contributed by atoms with van der Waals surface area (Å²) >= 11 is 0. The van der Waals surface area contributed by atoms with Crippen molar-refractivity contribution in [3.63, 3.8) is 0 Å². The van der Waals surface area contributed by atoms with Crippen molar-refractivity contribution < 1.29 is 17.2 Å². The molecule has 0 spiro atoms. The lowest BCUT2D eigenvalue weighted by molar-refractivity contribution is 0.578. The number of nitrogens with zero attached hydrogens (tertiary/aromatic N) is 1. The molecule has 4 N–H and O–H groups in total. The van der Waals surface area contributed by atoms with Crippen LogP contribution in [0.3, 0.4) is 0 Å². The second-order valence-corrected chi connectivity index (χ2v) is 5.80. The first-order valence-electron chi connectivity index (χ1n) is 5.76. The van der Waals surface area contributed by atoms with Gasteiger partial charge in [-0.25, -0.2) is 28.0 Å². The Morgan fingerprint density at radius 2 is 1.95 bits per heavy atom. The number of sulfonamides is 1. The molecule has 0 saturated carbocycles. The molecule has 0 unspecified atom stereocenters. The van der Waals surface area contributed by atoms with Crippen LogP contribution in [0.25, 0.3) is 0 Å². The average Bonchev–Trinajstić information content (AvgIpc) is 2.47. The van der Waals surface area contributed by atoms with Gasteiger partial charge in [0.15, 0.2) is 11.6 Å². The van der Waals surface area contributed by atoms with Gasteiger partial charge in [-0.3, -0.25) is 4.72 Å². The molecular weight excluding hydrogens is 302 g/mol. The Morgan fingerprint density at radius 1 is 1.24 bits per heavy atom. The van der Waals surface area contributed by atoms with Crippen molar-refractivity contribution in [3.8, 4) is 0 Å². The quantitative estimate of drug-likeness (QED) is 0.590. The van der Waals surface area contributed by atoms with E-state index in [9.17, 15) is 17.2 Å². The highest BCUT2D eigenvalue weighted by Crippen LogP contribution is 2.26. The van der Waals surface area contributed by atoms with Crippen LogP contribution in [0, 0.1) is 18.6 Å². The summed E-state index contributed by atoms with van der Waals surface area (Å²) in [6.07, 6.45) is 1.32. The van der Waals surface area contributed by atoms with Crippen molar-refractivity contribution in [1.82, 2.24) is 4.98 Å². The Labute approximate surface area is 120 Å². The smallest absolute Gasteiger partial charge is 0.265 e. The van der Waals surface area contributed by atoms with Crippen LogP contribution in [-0.4, -0.2) is 13.4 Å². The highest BCUT2D eigenvalue weighted by Gasteiger charge is 2.23. The highest BCUT2D eigenvalue weighted by atomic mass is 32.2. The number of hydrazine groups is 1. The molecule has 0 amide bonds. The molecule has 21 heavy (non-hydrogen) atoms. The molecule has 1 heterocycles. The lowest BCUT2D eigenvalue weighted by Crippen LogP contribution is -2.19. The molecule has 1 aromatic heterocycles. The normalized spacial score (nSPS) is 11.2. The fourth-order valence-electron chi connectivity index (χ4n) is 1.66. The standard InChI is InChI=1S/C12H12F2N4O2S/c1-7-4-5-8(13)11(10(7)14)18-21(19,20)9-3-2-6-16-12(9)17-15/h2-6,18H,15H2,1H3,(H,16,17). The van der Waals surface area contributed by atoms with Crippen molar-refractivity contribution in [2.45, 2.75) is 11.8 Å². The molecule has 0 aliphatic carbocycles. The summed E-state index contributed by atoms with van der Waals surface area (Å²) in [5.74, 6) is 3.03. The van der Waals surface area contributed by atoms with Crippen LogP contribution in [0.15, 0.2) is 35.4 Å². The second-order valence-electron chi connectivity index (χ2n) is 4.15. The van der Waals surface area contributed by atoms with Crippen LogP contribution < -0.4 is 16.0 Å². The number of aromatic nitrogens is 1. The zero-order chi connectivity index (χ0) is 15.6. The molecule has 2 aromatic rings. The van der Waals surface area contributed by atoms with Gasteiger partial charge in [-0.1, -0.05) is 6.07 Å². The lowest BCUT2D eigenvalue weighted by Gasteiger charge is -2.13. The molecule has 2 rings (SSSR count). The predicted octanol–water partition coefficient (Wildman–Crippen LogP) is 1.75. The highest BCUT2D eigenvalue weighted by molar-refractivity contribution is 7.92. The fourth-order valence-corrected chi connectivity index (χ4v) is 2.85. The first kappa shape index (κ1) is 15.1. The Hall–Kier alpha value is -2.26. The number of nitrogens with two attached hydrogens (primary N) is 1. The first-order valence-corrected chi connectivity index (χ1v) is 7.24. The molecule has 0 aliphatic heterocycles. The van der Waals surface area contributed by atoms with Crippen molar-refractivity contribution >= 4 is 21.5 Å². The molecule has 0 aliphatic rings. The minimum Gasteiger partial charge on any atom is -0.307 e. The molecule has 1 aromatic carbocycles. The second kappa shape index (κ2) is 5.62. The minimum atomic E-state index is -4.25. The summed E-state index contributed by atoms with van der Waals surface area (Å²) in [6, 6.07) is 4.75. The molecule has 6 nitrogen and oxygen atoms in total. The summed E-state index contributed by atoms with van der Waals surface area (Å²) in [6.45, 7) is 1.39. The first-order chi connectivity index (χ1) is 9.86. The number of nitrogens with one attached hydrogen (secondary N) is 2. The van der Waals surface area contributed by atoms with Gasteiger partial charge in [0.05, 0.1) is 0 Å². The molecule has 0 fully saturated rings. The Balaban J connectivity index is 2.50. The van der Waals surface area contributed by atoms with E-state index in [1.54, 1.807) is 0 Å². The van der Waals surface area contributed by atoms with Gasteiger partial charge in [-0.15, -0.1) is 0 Å². The molecular formula is C12H12F2N4O2S. The van der Waals surface area contributed by atoms with E-state index in [1.807, 2.05) is 4.72 Å². The maximum atomic E-state index is 13.9. The number of nitrogen functional groups attached to an aromatic ring is 1. The molecule has 0 radical (unpaired) electrons. The van der Waals surface area contributed by atoms with E-state index in [0.29, 0.717) is 0 Å². The third-order valence-corrected chi connectivity index (χ3v) is 4.10. The third kappa shape index (κ3) is 2.93. The molecule has 9 heteroatoms. The summed E-state index contributed by atoms with van der Waals surface area (Å²) in [7, 11) is -4.25. The molecule has 0 saturated heterocycles. The summed E-state index contributed by atoms with van der Waals surface area (Å²) in [5.41, 5.74) is 1.47. The SMILES string of the molecule is Cc1ccc(F)c(NS(=O)(=O)c2cccnc2NN)c1F. The van der Waals surface area contributed by atoms with Gasteiger partial charge in [0, 0.05) is 6.20 Å². The Bertz CT molecular complexity index is 781. The maximum Gasteiger partial charge on any atom is 0.265 e. The van der Waals surface area contributed by atoms with Gasteiger partial charge in [-0.05, 0) is 30.7 Å². The average molecular weight is 314 g/mol. The fraction of sp³-hybridized carbons (Fsp3) is 0.0833. The van der Waals surface area contributed by atoms with E-state index >= 15 is 0 Å². The number of hydrogen-bond donors (Lipinski definition) is 3. The lowest BCUT2D eigenvalue weighted by atomic mass is 10.2. The van der Waals surface area contributed by atoms with Crippen molar-refractivity contribution in [1.29, 1.82) is 0 Å². The molecule has 0 bridgehead atoms. The molecule has 112 valence electrons. The van der Waals surface area contributed by atoms with E-state index < -0.39 is 27.3 Å². The Morgan fingerprint density at radius 3 is 2.62 bits per heavy atom. The van der Waals surface area contributed by atoms with Crippen molar-refractivity contribution in [2.75, 3.05) is 10.1 Å². The summed E-state index contributed by atoms with van der Waals surface area (Å²) < 4.78 is 53.8. The van der Waals surface area contributed by atoms with Gasteiger partial charge in [0.25, 0.3) is 10.0 Å². The number of rotatable bonds is 4. The minimum absolute atomic E-state index is 0.109. The van der Waals surface area contributed by atoms with E-state index in [0.717, 1.165) is 6.07 Å². The van der Waals surface area contributed by atoms with Crippen LogP contribution in [0.4, 0.5) is 20.3 Å². The van der Waals surface area contributed by atoms with Gasteiger partial charge in [0.1, 0.15) is 16.4 Å².